The molecule has 0 aliphatic rings. The van der Waals surface area contributed by atoms with E-state index in [2.05, 4.69) is 4.98 Å². The number of aryl methyl sites for hydroxylation is 2. The van der Waals surface area contributed by atoms with Crippen molar-refractivity contribution in [1.29, 1.82) is 0 Å². The van der Waals surface area contributed by atoms with Gasteiger partial charge in [0.2, 0.25) is 0 Å². The Bertz CT molecular complexity index is 1970. The van der Waals surface area contributed by atoms with Crippen molar-refractivity contribution in [3.05, 3.63) is 102 Å². The number of benzene rings is 4. The van der Waals surface area contributed by atoms with Crippen molar-refractivity contribution in [2.45, 2.75) is 26.6 Å². The van der Waals surface area contributed by atoms with E-state index in [4.69, 9.17) is 12.6 Å². The summed E-state index contributed by atoms with van der Waals surface area (Å²) < 4.78 is 83.2. The molecule has 0 saturated heterocycles. The molecule has 0 aliphatic heterocycles. The number of fused-ring (bicyclic) bond motifs is 5. The molecule has 6 aromatic rings. The van der Waals surface area contributed by atoms with Gasteiger partial charge in [-0.05, 0) is 65.6 Å². The summed E-state index contributed by atoms with van der Waals surface area (Å²) in [4.78, 5) is 4.45. The zero-order chi connectivity index (χ0) is 29.3. The van der Waals surface area contributed by atoms with Crippen molar-refractivity contribution >= 4 is 32.7 Å². The predicted molar refractivity (Wildman–Crippen MR) is 139 cm³/mol. The lowest BCUT2D eigenvalue weighted by molar-refractivity contribution is 0.0174. The summed E-state index contributed by atoms with van der Waals surface area (Å²) in [5, 5.41) is 3.69. The molecule has 0 aliphatic carbocycles. The molecule has 2 aromatic heterocycles. The van der Waals surface area contributed by atoms with Gasteiger partial charge in [-0.15, -0.1) is 0 Å². The average molecular weight is 470 g/mol. The highest BCUT2D eigenvalue weighted by Gasteiger charge is 2.25. The largest absolute Gasteiger partial charge is 0.455 e. The smallest absolute Gasteiger partial charge is 0.270 e. The van der Waals surface area contributed by atoms with Gasteiger partial charge in [0.15, 0.2) is 0 Å². The summed E-state index contributed by atoms with van der Waals surface area (Å²) in [7, 11) is 0. The molecule has 2 nitrogen and oxygen atoms in total. The lowest BCUT2D eigenvalue weighted by Crippen LogP contribution is -2.07. The number of hydrogen-bond donors (Lipinski definition) is 0. The molecule has 0 saturated carbocycles. The number of hydrogen-bond acceptors (Lipinski definition) is 2. The summed E-state index contributed by atoms with van der Waals surface area (Å²) >= 11 is 0. The molecule has 0 fully saturated rings. The van der Waals surface area contributed by atoms with Crippen molar-refractivity contribution in [2.24, 2.45) is 0 Å². The van der Waals surface area contributed by atoms with Crippen LogP contribution < -0.4 is 0 Å². The Morgan fingerprint density at radius 2 is 1.54 bits per heavy atom. The van der Waals surface area contributed by atoms with Gasteiger partial charge in [-0.2, -0.15) is 0 Å². The molecule has 0 bridgehead atoms. The fourth-order valence-electron chi connectivity index (χ4n) is 4.61. The second kappa shape index (κ2) is 7.74. The van der Waals surface area contributed by atoms with E-state index in [1.54, 1.807) is 6.07 Å². The molecule has 0 radical (unpaired) electrons. The third-order valence-corrected chi connectivity index (χ3v) is 6.39. The first-order chi connectivity index (χ1) is 19.2. The molecule has 0 amide bonds. The predicted octanol–water partition coefficient (Wildman–Crippen LogP) is 9.20. The Labute approximate surface area is 210 Å². The van der Waals surface area contributed by atoms with E-state index in [1.165, 1.54) is 18.3 Å². The third kappa shape index (κ3) is 3.48. The topological polar surface area (TPSA) is 26.0 Å². The van der Waals surface area contributed by atoms with Gasteiger partial charge in [-0.1, -0.05) is 54.6 Å². The standard InChI is InChI=1S/C31H23F2NO/c1-18-15-21(31(3,32)33)12-14-22(18)27-16-28(34-17-19(27)2)26-10-6-9-24-25-13-11-20-7-4-5-8-23(20)29(25)35-30(24)26/h4-17H,1-3H3/i1D3,2D3. The van der Waals surface area contributed by atoms with Crippen LogP contribution in [0.3, 0.4) is 0 Å². The monoisotopic (exact) mass is 469 g/mol. The summed E-state index contributed by atoms with van der Waals surface area (Å²) in [6, 6.07) is 22.2. The molecular weight excluding hydrogens is 440 g/mol. The minimum absolute atomic E-state index is 0.0237. The van der Waals surface area contributed by atoms with E-state index < -0.39 is 25.2 Å². The number of nitrogens with zero attached hydrogens (tertiary/aromatic N) is 1. The van der Waals surface area contributed by atoms with Gasteiger partial charge in [-0.3, -0.25) is 4.98 Å². The van der Waals surface area contributed by atoms with Crippen molar-refractivity contribution in [2.75, 3.05) is 0 Å². The molecule has 0 atom stereocenters. The van der Waals surface area contributed by atoms with Gasteiger partial charge < -0.3 is 4.42 Å². The van der Waals surface area contributed by atoms with E-state index >= 15 is 0 Å². The zero-order valence-corrected chi connectivity index (χ0v) is 18.7. The molecule has 35 heavy (non-hydrogen) atoms. The Morgan fingerprint density at radius 1 is 0.743 bits per heavy atom. The highest BCUT2D eigenvalue weighted by molar-refractivity contribution is 6.17. The van der Waals surface area contributed by atoms with E-state index in [9.17, 15) is 8.78 Å². The van der Waals surface area contributed by atoms with Crippen LogP contribution in [0.2, 0.25) is 0 Å². The SMILES string of the molecule is [2H]C([2H])([2H])c1cnc(-c2cccc3c2oc2c4ccccc4ccc32)cc1-c1ccc(C(C)(F)F)cc1C([2H])([2H])[2H]. The number of pyridine rings is 1. The van der Waals surface area contributed by atoms with Crippen LogP contribution in [-0.2, 0) is 5.92 Å². The van der Waals surface area contributed by atoms with E-state index in [0.717, 1.165) is 33.7 Å². The Balaban J connectivity index is 1.63. The van der Waals surface area contributed by atoms with E-state index in [-0.39, 0.29) is 22.3 Å². The van der Waals surface area contributed by atoms with Gasteiger partial charge in [0.05, 0.1) is 5.69 Å². The zero-order valence-electron chi connectivity index (χ0n) is 24.7. The van der Waals surface area contributed by atoms with Crippen LogP contribution in [0.4, 0.5) is 8.78 Å². The van der Waals surface area contributed by atoms with Crippen LogP contribution in [0.5, 0.6) is 0 Å². The maximum absolute atomic E-state index is 14.2. The maximum atomic E-state index is 14.2. The van der Waals surface area contributed by atoms with Crippen LogP contribution >= 0.6 is 0 Å². The van der Waals surface area contributed by atoms with Crippen molar-refractivity contribution in [3.8, 4) is 22.4 Å². The fourth-order valence-corrected chi connectivity index (χ4v) is 4.61. The summed E-state index contributed by atoms with van der Waals surface area (Å²) in [5.74, 6) is -3.28. The molecular formula is C31H23F2NO. The molecule has 0 N–H and O–H groups in total. The lowest BCUT2D eigenvalue weighted by atomic mass is 9.93. The van der Waals surface area contributed by atoms with Crippen LogP contribution in [0.1, 0.15) is 31.8 Å². The second-order valence-corrected chi connectivity index (χ2v) is 8.71. The normalized spacial score (nSPS) is 15.4. The molecule has 4 heteroatoms. The minimum Gasteiger partial charge on any atom is -0.455 e. The van der Waals surface area contributed by atoms with Crippen LogP contribution in [0, 0.1) is 13.7 Å². The Hall–Kier alpha value is -4.05. The van der Waals surface area contributed by atoms with Gasteiger partial charge in [-0.25, -0.2) is 8.78 Å². The summed E-state index contributed by atoms with van der Waals surface area (Å²) in [6.45, 7) is -4.75. The molecule has 4 aromatic carbocycles. The third-order valence-electron chi connectivity index (χ3n) is 6.39. The van der Waals surface area contributed by atoms with Crippen LogP contribution in [0.15, 0.2) is 89.5 Å². The average Bonchev–Trinajstić information content (AvgIpc) is 3.30. The van der Waals surface area contributed by atoms with E-state index in [0.29, 0.717) is 29.3 Å². The molecule has 0 spiro atoms. The first-order valence-electron chi connectivity index (χ1n) is 14.1. The minimum atomic E-state index is -3.28. The summed E-state index contributed by atoms with van der Waals surface area (Å²) in [6.07, 6.45) is 1.19. The quantitative estimate of drug-likeness (QED) is 0.258. The number of aromatic nitrogens is 1. The molecule has 6 rings (SSSR count). The number of alkyl halides is 2. The first-order valence-corrected chi connectivity index (χ1v) is 11.1. The summed E-state index contributed by atoms with van der Waals surface area (Å²) in [5.41, 5.74) is 1.23. The highest BCUT2D eigenvalue weighted by atomic mass is 19.3. The van der Waals surface area contributed by atoms with Crippen molar-refractivity contribution < 1.29 is 21.4 Å². The van der Waals surface area contributed by atoms with Crippen molar-refractivity contribution in [1.82, 2.24) is 4.98 Å². The van der Waals surface area contributed by atoms with Gasteiger partial charge in [0, 0.05) is 48.6 Å². The Kier molecular flexibility index (Phi) is 3.49. The lowest BCUT2D eigenvalue weighted by Gasteiger charge is -2.15. The van der Waals surface area contributed by atoms with Gasteiger partial charge >= 0.3 is 0 Å². The Morgan fingerprint density at radius 3 is 2.37 bits per heavy atom. The molecule has 2 heterocycles. The molecule has 0 unspecified atom stereocenters. The molecule has 172 valence electrons. The number of para-hydroxylation sites is 1. The number of rotatable bonds is 3. The second-order valence-electron chi connectivity index (χ2n) is 8.71. The van der Waals surface area contributed by atoms with Crippen LogP contribution in [0.25, 0.3) is 55.1 Å². The highest BCUT2D eigenvalue weighted by Crippen LogP contribution is 2.40. The maximum Gasteiger partial charge on any atom is 0.270 e. The van der Waals surface area contributed by atoms with Gasteiger partial charge in [0.25, 0.3) is 5.92 Å². The fraction of sp³-hybridized carbons (Fsp3) is 0.129. The van der Waals surface area contributed by atoms with Crippen molar-refractivity contribution in [3.63, 3.8) is 0 Å². The van der Waals surface area contributed by atoms with E-state index in [1.807, 2.05) is 48.5 Å². The van der Waals surface area contributed by atoms with Crippen LogP contribution in [-0.4, -0.2) is 4.98 Å². The number of furan rings is 1. The van der Waals surface area contributed by atoms with Gasteiger partial charge in [0.1, 0.15) is 11.2 Å². The number of halogens is 2. The first kappa shape index (κ1) is 15.8.